The number of imidazole rings is 1. The Morgan fingerprint density at radius 1 is 1.45 bits per heavy atom. The van der Waals surface area contributed by atoms with Crippen LogP contribution in [0.2, 0.25) is 0 Å². The molecule has 6 nitrogen and oxygen atoms in total. The summed E-state index contributed by atoms with van der Waals surface area (Å²) in [6, 6.07) is 1.92. The van der Waals surface area contributed by atoms with Crippen LogP contribution in [0.4, 0.5) is 0 Å². The summed E-state index contributed by atoms with van der Waals surface area (Å²) < 4.78 is 1.33. The maximum atomic E-state index is 8.53. The van der Waals surface area contributed by atoms with Crippen LogP contribution in [0.1, 0.15) is 5.69 Å². The van der Waals surface area contributed by atoms with Crippen molar-refractivity contribution in [2.24, 2.45) is 0 Å². The average Bonchev–Trinajstić information content (AvgIpc) is 2.47. The molecule has 0 N–H and O–H groups in total. The Kier molecular flexibility index (Phi) is 1.03. The third-order valence-electron chi connectivity index (χ3n) is 1.23. The van der Waals surface area contributed by atoms with Gasteiger partial charge in [-0.05, 0) is 10.4 Å². The Labute approximate surface area is 61.1 Å². The second-order valence-corrected chi connectivity index (χ2v) is 1.85. The minimum atomic E-state index is 0.356. The number of nitriles is 1. The molecule has 0 bridgehead atoms. The van der Waals surface area contributed by atoms with Gasteiger partial charge in [-0.2, -0.15) is 9.78 Å². The van der Waals surface area contributed by atoms with E-state index in [9.17, 15) is 0 Å². The van der Waals surface area contributed by atoms with Crippen molar-refractivity contribution < 1.29 is 0 Å². The van der Waals surface area contributed by atoms with E-state index in [1.54, 1.807) is 0 Å². The van der Waals surface area contributed by atoms with Crippen molar-refractivity contribution in [3.8, 4) is 6.07 Å². The molecule has 0 atom stereocenters. The van der Waals surface area contributed by atoms with E-state index in [2.05, 4.69) is 20.5 Å². The molecule has 0 saturated carbocycles. The molecule has 2 aromatic heterocycles. The zero-order valence-corrected chi connectivity index (χ0v) is 5.34. The van der Waals surface area contributed by atoms with E-state index in [4.69, 9.17) is 5.26 Å². The van der Waals surface area contributed by atoms with Crippen molar-refractivity contribution in [1.82, 2.24) is 25.0 Å². The van der Waals surface area contributed by atoms with E-state index in [0.717, 1.165) is 0 Å². The molecule has 0 aliphatic rings. The van der Waals surface area contributed by atoms with E-state index in [1.165, 1.54) is 16.9 Å². The van der Waals surface area contributed by atoms with Gasteiger partial charge < -0.3 is 0 Å². The highest BCUT2D eigenvalue weighted by Crippen LogP contribution is 1.98. The highest BCUT2D eigenvalue weighted by atomic mass is 15.5. The van der Waals surface area contributed by atoms with Crippen LogP contribution in [0.15, 0.2) is 12.4 Å². The number of aromatic nitrogens is 5. The molecule has 0 aromatic carbocycles. The molecule has 0 aliphatic carbocycles. The van der Waals surface area contributed by atoms with Crippen LogP contribution in [0, 0.1) is 11.3 Å². The number of nitrogens with zero attached hydrogens (tertiary/aromatic N) is 6. The van der Waals surface area contributed by atoms with Crippen LogP contribution in [-0.4, -0.2) is 25.0 Å². The van der Waals surface area contributed by atoms with Crippen LogP contribution < -0.4 is 0 Å². The van der Waals surface area contributed by atoms with Crippen molar-refractivity contribution >= 4 is 5.65 Å². The minimum Gasteiger partial charge on any atom is -0.233 e. The van der Waals surface area contributed by atoms with E-state index in [-0.39, 0.29) is 0 Å². The molecule has 0 unspecified atom stereocenters. The molecule has 2 aromatic rings. The molecule has 0 radical (unpaired) electrons. The Morgan fingerprint density at radius 3 is 3.18 bits per heavy atom. The fourth-order valence-electron chi connectivity index (χ4n) is 0.759. The smallest absolute Gasteiger partial charge is 0.177 e. The summed E-state index contributed by atoms with van der Waals surface area (Å²) in [5.41, 5.74) is 0.881. The predicted octanol–water partition coefficient (Wildman–Crippen LogP) is -0.609. The summed E-state index contributed by atoms with van der Waals surface area (Å²) in [6.07, 6.45) is 2.86. The lowest BCUT2D eigenvalue weighted by Gasteiger charge is -1.85. The van der Waals surface area contributed by atoms with Crippen molar-refractivity contribution in [1.29, 1.82) is 5.26 Å². The van der Waals surface area contributed by atoms with E-state index < -0.39 is 0 Å². The fraction of sp³-hybridized carbons (Fsp3) is 0. The summed E-state index contributed by atoms with van der Waals surface area (Å²) >= 11 is 0. The first-order chi connectivity index (χ1) is 5.42. The summed E-state index contributed by atoms with van der Waals surface area (Å²) in [5.74, 6) is 0. The zero-order chi connectivity index (χ0) is 7.68. The first kappa shape index (κ1) is 5.73. The standard InChI is InChI=1S/C5H2N6/c6-1-4-2-7-5-3-8-9-10-11(4)5/h2-3H. The first-order valence-corrected chi connectivity index (χ1v) is 2.84. The van der Waals surface area contributed by atoms with Crippen LogP contribution in [0.3, 0.4) is 0 Å². The van der Waals surface area contributed by atoms with Gasteiger partial charge in [-0.25, -0.2) is 4.98 Å². The van der Waals surface area contributed by atoms with Crippen molar-refractivity contribution in [2.75, 3.05) is 0 Å². The Hall–Kier alpha value is -2.03. The van der Waals surface area contributed by atoms with Gasteiger partial charge >= 0.3 is 0 Å². The predicted molar refractivity (Wildman–Crippen MR) is 33.3 cm³/mol. The van der Waals surface area contributed by atoms with Crippen LogP contribution in [0.5, 0.6) is 0 Å². The van der Waals surface area contributed by atoms with Gasteiger partial charge in [0.1, 0.15) is 6.07 Å². The quantitative estimate of drug-likeness (QED) is 0.495. The number of hydrogen-bond donors (Lipinski definition) is 0. The SMILES string of the molecule is N#Cc1cnc2cnnnn12. The van der Waals surface area contributed by atoms with Crippen molar-refractivity contribution in [2.45, 2.75) is 0 Å². The Morgan fingerprint density at radius 2 is 2.36 bits per heavy atom. The monoisotopic (exact) mass is 146 g/mol. The van der Waals surface area contributed by atoms with Gasteiger partial charge in [-0.3, -0.25) is 0 Å². The first-order valence-electron chi connectivity index (χ1n) is 2.84. The molecule has 2 heterocycles. The van der Waals surface area contributed by atoms with Crippen LogP contribution in [-0.2, 0) is 0 Å². The summed E-state index contributed by atoms with van der Waals surface area (Å²) in [7, 11) is 0. The summed E-state index contributed by atoms with van der Waals surface area (Å²) in [5, 5.41) is 19.0. The Bertz CT molecular complexity index is 424. The van der Waals surface area contributed by atoms with Gasteiger partial charge in [0.25, 0.3) is 0 Å². The highest BCUT2D eigenvalue weighted by molar-refractivity contribution is 5.38. The van der Waals surface area contributed by atoms with Crippen LogP contribution >= 0.6 is 0 Å². The van der Waals surface area contributed by atoms with Gasteiger partial charge in [-0.1, -0.05) is 0 Å². The van der Waals surface area contributed by atoms with E-state index >= 15 is 0 Å². The molecule has 0 amide bonds. The van der Waals surface area contributed by atoms with E-state index in [0.29, 0.717) is 11.3 Å². The minimum absolute atomic E-state index is 0.356. The number of fused-ring (bicyclic) bond motifs is 1. The summed E-state index contributed by atoms with van der Waals surface area (Å²) in [4.78, 5) is 3.86. The lowest BCUT2D eigenvalue weighted by Crippen LogP contribution is -1.98. The average molecular weight is 146 g/mol. The van der Waals surface area contributed by atoms with Crippen molar-refractivity contribution in [3.05, 3.63) is 18.1 Å². The maximum Gasteiger partial charge on any atom is 0.177 e. The molecule has 0 fully saturated rings. The molecule has 52 valence electrons. The molecular weight excluding hydrogens is 144 g/mol. The summed E-state index contributed by atoms with van der Waals surface area (Å²) in [6.45, 7) is 0. The van der Waals surface area contributed by atoms with Gasteiger partial charge in [0.2, 0.25) is 0 Å². The lowest BCUT2D eigenvalue weighted by atomic mass is 10.5. The van der Waals surface area contributed by atoms with Gasteiger partial charge in [0, 0.05) is 0 Å². The molecule has 6 heteroatoms. The van der Waals surface area contributed by atoms with E-state index in [1.807, 2.05) is 6.07 Å². The van der Waals surface area contributed by atoms with Crippen molar-refractivity contribution in [3.63, 3.8) is 0 Å². The third kappa shape index (κ3) is 0.712. The molecule has 2 rings (SSSR count). The fourth-order valence-corrected chi connectivity index (χ4v) is 0.759. The third-order valence-corrected chi connectivity index (χ3v) is 1.23. The zero-order valence-electron chi connectivity index (χ0n) is 5.34. The number of hydrogen-bond acceptors (Lipinski definition) is 5. The second kappa shape index (κ2) is 1.98. The highest BCUT2D eigenvalue weighted by Gasteiger charge is 2.01. The second-order valence-electron chi connectivity index (χ2n) is 1.85. The largest absolute Gasteiger partial charge is 0.233 e. The van der Waals surface area contributed by atoms with Crippen LogP contribution in [0.25, 0.3) is 5.65 Å². The maximum absolute atomic E-state index is 8.53. The molecule has 0 aliphatic heterocycles. The molecule has 0 spiro atoms. The van der Waals surface area contributed by atoms with Gasteiger partial charge in [0.05, 0.1) is 12.4 Å². The normalized spacial score (nSPS) is 9.73. The topological polar surface area (TPSA) is 79.8 Å². The Balaban J connectivity index is 2.89. The number of rotatable bonds is 0. The molecular formula is C5H2N6. The van der Waals surface area contributed by atoms with Gasteiger partial charge in [-0.15, -0.1) is 5.10 Å². The molecule has 0 saturated heterocycles. The van der Waals surface area contributed by atoms with Gasteiger partial charge in [0.15, 0.2) is 11.3 Å². The lowest BCUT2D eigenvalue weighted by molar-refractivity contribution is 0.721. The molecule has 11 heavy (non-hydrogen) atoms.